The molecule has 7 heteroatoms. The van der Waals surface area contributed by atoms with Gasteiger partial charge in [0.15, 0.2) is 0 Å². The molecule has 1 unspecified atom stereocenters. The minimum absolute atomic E-state index is 0.0854. The lowest BCUT2D eigenvalue weighted by Crippen LogP contribution is -2.27. The zero-order chi connectivity index (χ0) is 14.2. The first-order valence-electron chi connectivity index (χ1n) is 5.62. The Labute approximate surface area is 111 Å². The van der Waals surface area contributed by atoms with Crippen LogP contribution in [0.1, 0.15) is 23.4 Å². The van der Waals surface area contributed by atoms with Crippen LogP contribution in [0.3, 0.4) is 0 Å². The zero-order valence-electron chi connectivity index (χ0n) is 10.00. The van der Waals surface area contributed by atoms with Gasteiger partial charge in [0.1, 0.15) is 11.2 Å². The molecule has 0 radical (unpaired) electrons. The van der Waals surface area contributed by atoms with Crippen LogP contribution in [0.2, 0.25) is 0 Å². The lowest BCUT2D eigenvalue weighted by atomic mass is 10.1. The predicted octanol–water partition coefficient (Wildman–Crippen LogP) is 3.44. The van der Waals surface area contributed by atoms with Gasteiger partial charge in [-0.3, -0.25) is 4.79 Å². The molecule has 1 atom stereocenters. The third-order valence-corrected chi connectivity index (χ3v) is 4.15. The van der Waals surface area contributed by atoms with Crippen LogP contribution in [-0.2, 0) is 11.0 Å². The van der Waals surface area contributed by atoms with Crippen molar-refractivity contribution in [1.29, 1.82) is 0 Å². The summed E-state index contributed by atoms with van der Waals surface area (Å²) in [5.74, 6) is -1.12. The lowest BCUT2D eigenvalue weighted by Gasteiger charge is -2.23. The minimum atomic E-state index is -4.70. The van der Waals surface area contributed by atoms with Gasteiger partial charge in [-0.25, -0.2) is 4.39 Å². The molecule has 1 aliphatic heterocycles. The van der Waals surface area contributed by atoms with E-state index >= 15 is 0 Å². The van der Waals surface area contributed by atoms with Gasteiger partial charge < -0.3 is 4.90 Å². The Morgan fingerprint density at radius 2 is 2.11 bits per heavy atom. The minimum Gasteiger partial charge on any atom is -0.326 e. The number of rotatable bonds is 2. The smallest absolute Gasteiger partial charge is 0.326 e. The molecule has 0 aromatic heterocycles. The van der Waals surface area contributed by atoms with Crippen LogP contribution in [0.25, 0.3) is 0 Å². The molecular weight excluding hydrogens is 282 g/mol. The molecule has 0 N–H and O–H groups in total. The average Bonchev–Trinajstić information content (AvgIpc) is 2.68. The molecule has 2 nitrogen and oxygen atoms in total. The maximum Gasteiger partial charge on any atom is 0.419 e. The van der Waals surface area contributed by atoms with Crippen molar-refractivity contribution in [3.63, 3.8) is 0 Å². The van der Waals surface area contributed by atoms with E-state index in [-0.39, 0.29) is 11.7 Å². The van der Waals surface area contributed by atoms with Crippen LogP contribution in [0.5, 0.6) is 0 Å². The molecule has 0 saturated carbocycles. The van der Waals surface area contributed by atoms with Gasteiger partial charge in [0.05, 0.1) is 11.3 Å². The molecule has 104 valence electrons. The Kier molecular flexibility index (Phi) is 3.75. The van der Waals surface area contributed by atoms with Crippen LogP contribution in [-0.4, -0.2) is 23.1 Å². The summed E-state index contributed by atoms with van der Waals surface area (Å²) in [5, 5.41) is -0.408. The van der Waals surface area contributed by atoms with Crippen LogP contribution in [0, 0.1) is 5.82 Å². The quantitative estimate of drug-likeness (QED) is 0.779. The van der Waals surface area contributed by atoms with Gasteiger partial charge in [0.2, 0.25) is 5.91 Å². The molecule has 1 fully saturated rings. The summed E-state index contributed by atoms with van der Waals surface area (Å²) < 4.78 is 50.9. The highest BCUT2D eigenvalue weighted by molar-refractivity contribution is 8.00. The SMILES string of the molecule is CCN1C(=O)CSC1c1ccc(C(F)(F)F)c(F)c1. The summed E-state index contributed by atoms with van der Waals surface area (Å²) in [5.41, 5.74) is -0.906. The maximum atomic E-state index is 13.5. The third kappa shape index (κ3) is 2.70. The summed E-state index contributed by atoms with van der Waals surface area (Å²) in [6, 6.07) is 2.81. The number of hydrogen-bond acceptors (Lipinski definition) is 2. The normalized spacial score (nSPS) is 20.2. The van der Waals surface area contributed by atoms with Crippen molar-refractivity contribution in [1.82, 2.24) is 4.90 Å². The number of nitrogens with zero attached hydrogens (tertiary/aromatic N) is 1. The molecule has 2 rings (SSSR count). The van der Waals surface area contributed by atoms with Crippen molar-refractivity contribution >= 4 is 17.7 Å². The van der Waals surface area contributed by atoms with Crippen molar-refractivity contribution in [3.8, 4) is 0 Å². The Morgan fingerprint density at radius 1 is 1.42 bits per heavy atom. The van der Waals surface area contributed by atoms with Gasteiger partial charge in [-0.05, 0) is 24.6 Å². The molecule has 1 saturated heterocycles. The fourth-order valence-electron chi connectivity index (χ4n) is 1.99. The van der Waals surface area contributed by atoms with Gasteiger partial charge >= 0.3 is 6.18 Å². The Morgan fingerprint density at radius 3 is 2.63 bits per heavy atom. The van der Waals surface area contributed by atoms with E-state index < -0.39 is 22.9 Å². The maximum absolute atomic E-state index is 13.5. The molecular formula is C12H11F4NOS. The summed E-state index contributed by atoms with van der Waals surface area (Å²) >= 11 is 1.29. The first-order valence-corrected chi connectivity index (χ1v) is 6.67. The highest BCUT2D eigenvalue weighted by Crippen LogP contribution is 2.40. The molecule has 0 aliphatic carbocycles. The van der Waals surface area contributed by atoms with Gasteiger partial charge in [0, 0.05) is 6.54 Å². The fourth-order valence-corrected chi connectivity index (χ4v) is 3.24. The van der Waals surface area contributed by atoms with E-state index in [9.17, 15) is 22.4 Å². The number of halogens is 4. The number of carbonyl (C=O) groups excluding carboxylic acids is 1. The van der Waals surface area contributed by atoms with Crippen molar-refractivity contribution in [2.24, 2.45) is 0 Å². The number of alkyl halides is 3. The van der Waals surface area contributed by atoms with Gasteiger partial charge in [0.25, 0.3) is 0 Å². The summed E-state index contributed by atoms with van der Waals surface area (Å²) in [6.07, 6.45) is -4.70. The van der Waals surface area contributed by atoms with Crippen LogP contribution < -0.4 is 0 Å². The molecule has 19 heavy (non-hydrogen) atoms. The van der Waals surface area contributed by atoms with Crippen LogP contribution in [0.4, 0.5) is 17.6 Å². The highest BCUT2D eigenvalue weighted by atomic mass is 32.2. The monoisotopic (exact) mass is 293 g/mol. The van der Waals surface area contributed by atoms with Crippen LogP contribution in [0.15, 0.2) is 18.2 Å². The number of benzene rings is 1. The second-order valence-electron chi connectivity index (χ2n) is 4.08. The first-order chi connectivity index (χ1) is 8.84. The Hall–Kier alpha value is -1.24. The van der Waals surface area contributed by atoms with E-state index in [0.717, 1.165) is 12.1 Å². The summed E-state index contributed by atoms with van der Waals surface area (Å²) in [6.45, 7) is 2.22. The average molecular weight is 293 g/mol. The molecule has 1 heterocycles. The number of hydrogen-bond donors (Lipinski definition) is 0. The van der Waals surface area contributed by atoms with Gasteiger partial charge in [-0.1, -0.05) is 6.07 Å². The topological polar surface area (TPSA) is 20.3 Å². The molecule has 1 aromatic carbocycles. The zero-order valence-corrected chi connectivity index (χ0v) is 10.8. The molecule has 1 amide bonds. The predicted molar refractivity (Wildman–Crippen MR) is 64.0 cm³/mol. The van der Waals surface area contributed by atoms with Gasteiger partial charge in [-0.15, -0.1) is 11.8 Å². The van der Waals surface area contributed by atoms with E-state index in [0.29, 0.717) is 12.1 Å². The summed E-state index contributed by atoms with van der Waals surface area (Å²) in [4.78, 5) is 13.1. The number of amides is 1. The van der Waals surface area contributed by atoms with Crippen molar-refractivity contribution in [3.05, 3.63) is 35.1 Å². The fraction of sp³-hybridized carbons (Fsp3) is 0.417. The highest BCUT2D eigenvalue weighted by Gasteiger charge is 2.36. The standard InChI is InChI=1S/C12H11F4NOS/c1-2-17-10(18)6-19-11(17)7-3-4-8(9(13)5-7)12(14,15)16/h3-5,11H,2,6H2,1H3. The third-order valence-electron chi connectivity index (χ3n) is 2.89. The van der Waals surface area contributed by atoms with Crippen molar-refractivity contribution in [2.75, 3.05) is 12.3 Å². The Balaban J connectivity index is 2.33. The van der Waals surface area contributed by atoms with Gasteiger partial charge in [-0.2, -0.15) is 13.2 Å². The first kappa shape index (κ1) is 14.2. The van der Waals surface area contributed by atoms with E-state index in [4.69, 9.17) is 0 Å². The lowest BCUT2D eigenvalue weighted by molar-refractivity contribution is -0.140. The molecule has 0 bridgehead atoms. The largest absolute Gasteiger partial charge is 0.419 e. The molecule has 0 spiro atoms. The second kappa shape index (κ2) is 5.03. The van der Waals surface area contributed by atoms with Crippen molar-refractivity contribution < 1.29 is 22.4 Å². The molecule has 1 aromatic rings. The second-order valence-corrected chi connectivity index (χ2v) is 5.15. The van der Waals surface area contributed by atoms with E-state index in [2.05, 4.69) is 0 Å². The Bertz CT molecular complexity index is 503. The molecule has 1 aliphatic rings. The summed E-state index contributed by atoms with van der Waals surface area (Å²) in [7, 11) is 0. The van der Waals surface area contributed by atoms with E-state index in [1.54, 1.807) is 6.92 Å². The number of thioether (sulfide) groups is 1. The van der Waals surface area contributed by atoms with E-state index in [1.807, 2.05) is 0 Å². The number of carbonyl (C=O) groups is 1. The van der Waals surface area contributed by atoms with Crippen LogP contribution >= 0.6 is 11.8 Å². The van der Waals surface area contributed by atoms with Crippen molar-refractivity contribution in [2.45, 2.75) is 18.5 Å². The van der Waals surface area contributed by atoms with E-state index in [1.165, 1.54) is 22.7 Å².